The van der Waals surface area contributed by atoms with Crippen LogP contribution in [0.3, 0.4) is 0 Å². The number of nitrogens with one attached hydrogen (secondary N) is 1. The van der Waals surface area contributed by atoms with Gasteiger partial charge in [0.2, 0.25) is 0 Å². The fourth-order valence-corrected chi connectivity index (χ4v) is 2.06. The Balaban J connectivity index is 2.35. The summed E-state index contributed by atoms with van der Waals surface area (Å²) in [5, 5.41) is 0.732. The molecule has 3 N–H and O–H groups in total. The van der Waals surface area contributed by atoms with Crippen molar-refractivity contribution in [1.29, 1.82) is 0 Å². The quantitative estimate of drug-likeness (QED) is 0.658. The zero-order valence-corrected chi connectivity index (χ0v) is 11.3. The molecule has 1 aromatic carbocycles. The van der Waals surface area contributed by atoms with E-state index in [1.165, 1.54) is 0 Å². The van der Waals surface area contributed by atoms with E-state index in [4.69, 9.17) is 21.9 Å². The van der Waals surface area contributed by atoms with Crippen molar-refractivity contribution in [2.75, 3.05) is 0 Å². The van der Waals surface area contributed by atoms with Gasteiger partial charge in [-0.1, -0.05) is 30.7 Å². The first kappa shape index (κ1) is 13.1. The number of rotatable bonds is 4. The van der Waals surface area contributed by atoms with E-state index in [1.807, 2.05) is 37.3 Å². The monoisotopic (exact) mass is 264 g/mol. The SMILES string of the molecule is CCc1ccc(C(NN)c2ccc(C)c(Cl)c2)o1. The maximum atomic E-state index is 6.14. The van der Waals surface area contributed by atoms with Gasteiger partial charge in [-0.05, 0) is 36.2 Å². The molecule has 2 rings (SSSR count). The van der Waals surface area contributed by atoms with Gasteiger partial charge >= 0.3 is 0 Å². The molecule has 96 valence electrons. The Kier molecular flexibility index (Phi) is 4.07. The van der Waals surface area contributed by atoms with E-state index < -0.39 is 0 Å². The normalized spacial score (nSPS) is 12.7. The average molecular weight is 265 g/mol. The number of furan rings is 1. The largest absolute Gasteiger partial charge is 0.464 e. The predicted molar refractivity (Wildman–Crippen MR) is 73.4 cm³/mol. The van der Waals surface area contributed by atoms with Gasteiger partial charge in [0, 0.05) is 11.4 Å². The van der Waals surface area contributed by atoms with Gasteiger partial charge in [0.05, 0.1) is 0 Å². The minimum Gasteiger partial charge on any atom is -0.464 e. The molecular weight excluding hydrogens is 248 g/mol. The van der Waals surface area contributed by atoms with Gasteiger partial charge in [-0.25, -0.2) is 5.43 Å². The number of halogens is 1. The van der Waals surface area contributed by atoms with Crippen LogP contribution in [0.2, 0.25) is 5.02 Å². The average Bonchev–Trinajstić information content (AvgIpc) is 2.83. The van der Waals surface area contributed by atoms with Gasteiger partial charge < -0.3 is 4.42 Å². The molecule has 2 aromatic rings. The standard InChI is InChI=1S/C14H17ClN2O/c1-3-11-6-7-13(18-11)14(17-16)10-5-4-9(2)12(15)8-10/h4-8,14,17H,3,16H2,1-2H3. The summed E-state index contributed by atoms with van der Waals surface area (Å²) in [6, 6.07) is 9.62. The molecule has 0 amide bonds. The molecule has 0 aliphatic heterocycles. The molecule has 1 aromatic heterocycles. The number of hydrogen-bond acceptors (Lipinski definition) is 3. The van der Waals surface area contributed by atoms with E-state index in [-0.39, 0.29) is 6.04 Å². The van der Waals surface area contributed by atoms with Crippen molar-refractivity contribution in [1.82, 2.24) is 5.43 Å². The number of hydrazine groups is 1. The lowest BCUT2D eigenvalue weighted by atomic mass is 10.0. The molecule has 4 heteroatoms. The van der Waals surface area contributed by atoms with Crippen molar-refractivity contribution >= 4 is 11.6 Å². The zero-order chi connectivity index (χ0) is 13.1. The summed E-state index contributed by atoms with van der Waals surface area (Å²) in [5.74, 6) is 7.37. The molecule has 0 saturated carbocycles. The highest BCUT2D eigenvalue weighted by Gasteiger charge is 2.17. The van der Waals surface area contributed by atoms with Crippen molar-refractivity contribution in [2.45, 2.75) is 26.3 Å². The summed E-state index contributed by atoms with van der Waals surface area (Å²) in [6.07, 6.45) is 0.867. The summed E-state index contributed by atoms with van der Waals surface area (Å²) < 4.78 is 5.72. The molecule has 0 fully saturated rings. The summed E-state index contributed by atoms with van der Waals surface area (Å²) in [7, 11) is 0. The molecule has 0 aliphatic carbocycles. The Morgan fingerprint density at radius 3 is 2.67 bits per heavy atom. The first-order chi connectivity index (χ1) is 8.65. The molecule has 0 spiro atoms. The van der Waals surface area contributed by atoms with Crippen molar-refractivity contribution in [2.24, 2.45) is 5.84 Å². The summed E-state index contributed by atoms with van der Waals surface area (Å²) in [4.78, 5) is 0. The van der Waals surface area contributed by atoms with Crippen molar-refractivity contribution in [3.63, 3.8) is 0 Å². The number of hydrogen-bond donors (Lipinski definition) is 2. The molecule has 1 heterocycles. The Bertz CT molecular complexity index is 536. The number of nitrogens with two attached hydrogens (primary N) is 1. The fraction of sp³-hybridized carbons (Fsp3) is 0.286. The molecule has 3 nitrogen and oxygen atoms in total. The lowest BCUT2D eigenvalue weighted by Crippen LogP contribution is -2.28. The van der Waals surface area contributed by atoms with Crippen LogP contribution in [-0.4, -0.2) is 0 Å². The Hall–Kier alpha value is -1.29. The van der Waals surface area contributed by atoms with Crippen LogP contribution in [0.4, 0.5) is 0 Å². The highest BCUT2D eigenvalue weighted by Crippen LogP contribution is 2.27. The van der Waals surface area contributed by atoms with Crippen molar-refractivity contribution < 1.29 is 4.42 Å². The van der Waals surface area contributed by atoms with E-state index in [2.05, 4.69) is 12.3 Å². The second-order valence-corrected chi connectivity index (χ2v) is 4.67. The van der Waals surface area contributed by atoms with Gasteiger partial charge in [-0.3, -0.25) is 5.84 Å². The van der Waals surface area contributed by atoms with Crippen LogP contribution in [0.1, 0.15) is 35.6 Å². The van der Waals surface area contributed by atoms with Crippen LogP contribution in [0.15, 0.2) is 34.7 Å². The van der Waals surface area contributed by atoms with Crippen LogP contribution in [0.5, 0.6) is 0 Å². The number of aryl methyl sites for hydroxylation is 2. The van der Waals surface area contributed by atoms with Crippen LogP contribution >= 0.6 is 11.6 Å². The molecule has 1 atom stereocenters. The Morgan fingerprint density at radius 1 is 1.33 bits per heavy atom. The molecule has 1 unspecified atom stereocenters. The van der Waals surface area contributed by atoms with Crippen LogP contribution in [0.25, 0.3) is 0 Å². The van der Waals surface area contributed by atoms with Crippen molar-refractivity contribution in [3.05, 3.63) is 58.0 Å². The zero-order valence-electron chi connectivity index (χ0n) is 10.5. The number of benzene rings is 1. The summed E-state index contributed by atoms with van der Waals surface area (Å²) in [5.41, 5.74) is 4.80. The third-order valence-electron chi connectivity index (χ3n) is 3.01. The Labute approximate surface area is 112 Å². The maximum absolute atomic E-state index is 6.14. The molecule has 0 saturated heterocycles. The third kappa shape index (κ3) is 2.58. The van der Waals surface area contributed by atoms with Gasteiger partial charge in [-0.2, -0.15) is 0 Å². The Morgan fingerprint density at radius 2 is 2.11 bits per heavy atom. The second kappa shape index (κ2) is 5.57. The molecule has 0 bridgehead atoms. The van der Waals surface area contributed by atoms with Gasteiger partial charge in [0.1, 0.15) is 17.6 Å². The van der Waals surface area contributed by atoms with Gasteiger partial charge in [0.15, 0.2) is 0 Å². The van der Waals surface area contributed by atoms with Gasteiger partial charge in [-0.15, -0.1) is 0 Å². The maximum Gasteiger partial charge on any atom is 0.126 e. The predicted octanol–water partition coefficient (Wildman–Crippen LogP) is 3.36. The van der Waals surface area contributed by atoms with Crippen LogP contribution in [0, 0.1) is 6.92 Å². The van der Waals surface area contributed by atoms with E-state index in [0.717, 1.165) is 34.1 Å². The lowest BCUT2D eigenvalue weighted by molar-refractivity contribution is 0.425. The summed E-state index contributed by atoms with van der Waals surface area (Å²) >= 11 is 6.14. The second-order valence-electron chi connectivity index (χ2n) is 4.27. The lowest BCUT2D eigenvalue weighted by Gasteiger charge is -2.14. The molecule has 0 radical (unpaired) electrons. The van der Waals surface area contributed by atoms with E-state index in [1.54, 1.807) is 0 Å². The fourth-order valence-electron chi connectivity index (χ4n) is 1.87. The molecular formula is C14H17ClN2O. The van der Waals surface area contributed by atoms with Crippen molar-refractivity contribution in [3.8, 4) is 0 Å². The van der Waals surface area contributed by atoms with Gasteiger partial charge in [0.25, 0.3) is 0 Å². The topological polar surface area (TPSA) is 51.2 Å². The molecule has 18 heavy (non-hydrogen) atoms. The highest BCUT2D eigenvalue weighted by molar-refractivity contribution is 6.31. The first-order valence-corrected chi connectivity index (χ1v) is 6.34. The smallest absolute Gasteiger partial charge is 0.126 e. The third-order valence-corrected chi connectivity index (χ3v) is 3.42. The van der Waals surface area contributed by atoms with E-state index in [0.29, 0.717) is 0 Å². The highest BCUT2D eigenvalue weighted by atomic mass is 35.5. The first-order valence-electron chi connectivity index (χ1n) is 5.96. The van der Waals surface area contributed by atoms with E-state index >= 15 is 0 Å². The van der Waals surface area contributed by atoms with Crippen LogP contribution < -0.4 is 11.3 Å². The minimum absolute atomic E-state index is 0.177. The minimum atomic E-state index is -0.177. The van der Waals surface area contributed by atoms with Crippen LogP contribution in [-0.2, 0) is 6.42 Å². The molecule has 0 aliphatic rings. The van der Waals surface area contributed by atoms with E-state index in [9.17, 15) is 0 Å². The summed E-state index contributed by atoms with van der Waals surface area (Å²) in [6.45, 7) is 4.02.